The molecule has 24 heavy (non-hydrogen) atoms. The Labute approximate surface area is 133 Å². The lowest BCUT2D eigenvalue weighted by molar-refractivity contribution is -0.274. The molecule has 0 bridgehead atoms. The lowest BCUT2D eigenvalue weighted by Gasteiger charge is -2.14. The molecule has 2 aromatic carbocycles. The summed E-state index contributed by atoms with van der Waals surface area (Å²) in [6, 6.07) is 8.56. The molecule has 0 saturated heterocycles. The highest BCUT2D eigenvalue weighted by atomic mass is 19.4. The fourth-order valence-electron chi connectivity index (χ4n) is 1.75. The highest BCUT2D eigenvalue weighted by molar-refractivity contribution is 6.08. The van der Waals surface area contributed by atoms with Crippen LogP contribution in [0, 0.1) is 5.82 Å². The van der Waals surface area contributed by atoms with Gasteiger partial charge in [0.05, 0.1) is 11.3 Å². The number of halogens is 4. The monoisotopic (exact) mass is 342 g/mol. The summed E-state index contributed by atoms with van der Waals surface area (Å²) in [7, 11) is 0. The molecule has 126 valence electrons. The average Bonchev–Trinajstić information content (AvgIpc) is 2.48. The molecule has 0 unspecified atom stereocenters. The maximum absolute atomic E-state index is 13.4. The number of anilines is 1. The van der Waals surface area contributed by atoms with Gasteiger partial charge in [0.1, 0.15) is 5.82 Å². The Balaban J connectivity index is 2.08. The SMILES string of the molecule is O=C(NC(=O)c1ccccc1F)Nc1ccccc1OC(F)(F)F. The third kappa shape index (κ3) is 4.70. The van der Waals surface area contributed by atoms with Crippen molar-refractivity contribution < 1.29 is 31.9 Å². The number of ether oxygens (including phenoxy) is 1. The number of hydrogen-bond acceptors (Lipinski definition) is 3. The van der Waals surface area contributed by atoms with E-state index in [-0.39, 0.29) is 11.3 Å². The number of carbonyl (C=O) groups excluding carboxylic acids is 2. The fraction of sp³-hybridized carbons (Fsp3) is 0.0667. The van der Waals surface area contributed by atoms with Gasteiger partial charge in [0.25, 0.3) is 5.91 Å². The highest BCUT2D eigenvalue weighted by Crippen LogP contribution is 2.29. The summed E-state index contributed by atoms with van der Waals surface area (Å²) in [5.74, 6) is -2.54. The van der Waals surface area contributed by atoms with Crippen molar-refractivity contribution >= 4 is 17.6 Å². The zero-order chi connectivity index (χ0) is 17.7. The molecule has 9 heteroatoms. The van der Waals surface area contributed by atoms with Crippen LogP contribution in [-0.4, -0.2) is 18.3 Å². The second kappa shape index (κ2) is 6.99. The predicted octanol–water partition coefficient (Wildman–Crippen LogP) is 3.69. The largest absolute Gasteiger partial charge is 0.573 e. The van der Waals surface area contributed by atoms with E-state index in [1.165, 1.54) is 24.3 Å². The predicted molar refractivity (Wildman–Crippen MR) is 76.0 cm³/mol. The van der Waals surface area contributed by atoms with Crippen LogP contribution in [0.25, 0.3) is 0 Å². The van der Waals surface area contributed by atoms with Gasteiger partial charge in [-0.2, -0.15) is 0 Å². The Kier molecular flexibility index (Phi) is 5.02. The molecule has 5 nitrogen and oxygen atoms in total. The van der Waals surface area contributed by atoms with Crippen molar-refractivity contribution in [1.29, 1.82) is 0 Å². The van der Waals surface area contributed by atoms with Gasteiger partial charge in [0.2, 0.25) is 0 Å². The molecule has 2 aromatic rings. The van der Waals surface area contributed by atoms with Crippen molar-refractivity contribution in [2.45, 2.75) is 6.36 Å². The summed E-state index contributed by atoms with van der Waals surface area (Å²) in [5, 5.41) is 3.84. The maximum atomic E-state index is 13.4. The average molecular weight is 342 g/mol. The van der Waals surface area contributed by atoms with Crippen molar-refractivity contribution in [2.24, 2.45) is 0 Å². The first-order valence-corrected chi connectivity index (χ1v) is 6.48. The summed E-state index contributed by atoms with van der Waals surface area (Å²) in [6.45, 7) is 0. The first kappa shape index (κ1) is 17.3. The molecule has 0 aromatic heterocycles. The van der Waals surface area contributed by atoms with E-state index in [0.717, 1.165) is 24.3 Å². The first-order chi connectivity index (χ1) is 11.3. The molecule has 0 aliphatic rings. The third-order valence-corrected chi connectivity index (χ3v) is 2.71. The Morgan fingerprint density at radius 3 is 2.25 bits per heavy atom. The van der Waals surface area contributed by atoms with Crippen LogP contribution >= 0.6 is 0 Å². The Hall–Kier alpha value is -3.10. The Morgan fingerprint density at radius 2 is 1.58 bits per heavy atom. The van der Waals surface area contributed by atoms with Gasteiger partial charge in [-0.25, -0.2) is 9.18 Å². The van der Waals surface area contributed by atoms with Crippen molar-refractivity contribution in [3.8, 4) is 5.75 Å². The van der Waals surface area contributed by atoms with Gasteiger partial charge in [0.15, 0.2) is 5.75 Å². The zero-order valence-electron chi connectivity index (χ0n) is 11.9. The van der Waals surface area contributed by atoms with Crippen LogP contribution in [0.1, 0.15) is 10.4 Å². The quantitative estimate of drug-likeness (QED) is 0.836. The normalized spacial score (nSPS) is 10.8. The van der Waals surface area contributed by atoms with Crippen molar-refractivity contribution in [3.05, 3.63) is 59.9 Å². The minimum absolute atomic E-state index is 0.311. The van der Waals surface area contributed by atoms with Crippen LogP contribution in [0.5, 0.6) is 5.75 Å². The van der Waals surface area contributed by atoms with Crippen LogP contribution in [-0.2, 0) is 0 Å². The lowest BCUT2D eigenvalue weighted by Crippen LogP contribution is -2.35. The number of alkyl halides is 3. The summed E-state index contributed by atoms with van der Waals surface area (Å²) in [6.07, 6.45) is -4.95. The number of nitrogens with one attached hydrogen (secondary N) is 2. The Bertz CT molecular complexity index is 762. The Morgan fingerprint density at radius 1 is 0.958 bits per heavy atom. The number of hydrogen-bond donors (Lipinski definition) is 2. The van der Waals surface area contributed by atoms with Crippen molar-refractivity contribution in [2.75, 3.05) is 5.32 Å². The van der Waals surface area contributed by atoms with E-state index < -0.39 is 29.9 Å². The van der Waals surface area contributed by atoms with Crippen LogP contribution in [0.2, 0.25) is 0 Å². The van der Waals surface area contributed by atoms with Gasteiger partial charge in [0, 0.05) is 0 Å². The standard InChI is InChI=1S/C15H10F4N2O3/c16-10-6-2-1-5-9(10)13(22)21-14(23)20-11-7-3-4-8-12(11)24-15(17,18)19/h1-8H,(H2,20,21,22,23). The van der Waals surface area contributed by atoms with Crippen LogP contribution < -0.4 is 15.4 Å². The second-order valence-electron chi connectivity index (χ2n) is 4.43. The minimum atomic E-state index is -4.95. The van der Waals surface area contributed by atoms with Gasteiger partial charge in [-0.3, -0.25) is 10.1 Å². The molecule has 3 amide bonds. The molecule has 0 fully saturated rings. The minimum Gasteiger partial charge on any atom is -0.404 e. The number of urea groups is 1. The van der Waals surface area contributed by atoms with Gasteiger partial charge >= 0.3 is 12.4 Å². The number of para-hydroxylation sites is 2. The number of rotatable bonds is 3. The molecule has 0 saturated carbocycles. The van der Waals surface area contributed by atoms with Crippen molar-refractivity contribution in [3.63, 3.8) is 0 Å². The van der Waals surface area contributed by atoms with E-state index >= 15 is 0 Å². The van der Waals surface area contributed by atoms with E-state index in [1.54, 1.807) is 0 Å². The molecular formula is C15H10F4N2O3. The fourth-order valence-corrected chi connectivity index (χ4v) is 1.75. The summed E-state index contributed by atoms with van der Waals surface area (Å²) < 4.78 is 54.0. The van der Waals surface area contributed by atoms with Gasteiger partial charge in [-0.15, -0.1) is 13.2 Å². The first-order valence-electron chi connectivity index (χ1n) is 6.48. The van der Waals surface area contributed by atoms with Crippen LogP contribution in [0.4, 0.5) is 28.0 Å². The number of imide groups is 1. The molecule has 0 atom stereocenters. The number of carbonyl (C=O) groups is 2. The summed E-state index contributed by atoms with van der Waals surface area (Å²) in [4.78, 5) is 23.5. The van der Waals surface area contributed by atoms with Crippen molar-refractivity contribution in [1.82, 2.24) is 5.32 Å². The molecular weight excluding hydrogens is 332 g/mol. The van der Waals surface area contributed by atoms with E-state index in [4.69, 9.17) is 0 Å². The van der Waals surface area contributed by atoms with Gasteiger partial charge in [-0.05, 0) is 24.3 Å². The molecule has 0 radical (unpaired) electrons. The van der Waals surface area contributed by atoms with E-state index in [1.807, 2.05) is 10.6 Å². The molecule has 0 heterocycles. The summed E-state index contributed by atoms with van der Waals surface area (Å²) in [5.41, 5.74) is -0.693. The van der Waals surface area contributed by atoms with Crippen LogP contribution in [0.3, 0.4) is 0 Å². The molecule has 0 aliphatic carbocycles. The van der Waals surface area contributed by atoms with Crippen LogP contribution in [0.15, 0.2) is 48.5 Å². The molecule has 2 N–H and O–H groups in total. The smallest absolute Gasteiger partial charge is 0.404 e. The maximum Gasteiger partial charge on any atom is 0.573 e. The second-order valence-corrected chi connectivity index (χ2v) is 4.43. The number of benzene rings is 2. The molecule has 2 rings (SSSR count). The van der Waals surface area contributed by atoms with Gasteiger partial charge in [-0.1, -0.05) is 24.3 Å². The topological polar surface area (TPSA) is 67.4 Å². The van der Waals surface area contributed by atoms with E-state index in [2.05, 4.69) is 4.74 Å². The molecule has 0 aliphatic heterocycles. The van der Waals surface area contributed by atoms with E-state index in [9.17, 15) is 27.2 Å². The van der Waals surface area contributed by atoms with E-state index in [0.29, 0.717) is 0 Å². The lowest BCUT2D eigenvalue weighted by atomic mass is 10.2. The molecule has 0 spiro atoms. The summed E-state index contributed by atoms with van der Waals surface area (Å²) >= 11 is 0. The van der Waals surface area contributed by atoms with Gasteiger partial charge < -0.3 is 10.1 Å². The third-order valence-electron chi connectivity index (χ3n) is 2.71. The number of amides is 3. The highest BCUT2D eigenvalue weighted by Gasteiger charge is 2.32. The zero-order valence-corrected chi connectivity index (χ0v) is 11.9.